The first-order chi connectivity index (χ1) is 13.2. The molecular weight excluding hydrogens is 362 g/mol. The van der Waals surface area contributed by atoms with Crippen LogP contribution in [0.2, 0.25) is 0 Å². The molecule has 0 bridgehead atoms. The lowest BCUT2D eigenvalue weighted by Gasteiger charge is -2.23. The molecule has 2 fully saturated rings. The first-order valence-corrected chi connectivity index (χ1v) is 10.9. The number of hydrogen-bond acceptors (Lipinski definition) is 6. The molecule has 1 atom stereocenters. The van der Waals surface area contributed by atoms with Crippen molar-refractivity contribution in [3.63, 3.8) is 0 Å². The molecule has 0 aromatic carbocycles. The van der Waals surface area contributed by atoms with E-state index in [1.165, 1.54) is 42.6 Å². The first kappa shape index (κ1) is 18.4. The maximum Gasteiger partial charge on any atom is 0.242 e. The summed E-state index contributed by atoms with van der Waals surface area (Å²) in [4.78, 5) is 28.4. The number of aromatic nitrogens is 2. The third kappa shape index (κ3) is 4.15. The van der Waals surface area contributed by atoms with E-state index in [4.69, 9.17) is 0 Å². The predicted molar refractivity (Wildman–Crippen MR) is 106 cm³/mol. The van der Waals surface area contributed by atoms with E-state index >= 15 is 0 Å². The fraction of sp³-hybridized carbons (Fsp3) is 0.684. The van der Waals surface area contributed by atoms with Gasteiger partial charge in [0.1, 0.15) is 6.04 Å². The van der Waals surface area contributed by atoms with Crippen LogP contribution < -0.4 is 15.1 Å². The van der Waals surface area contributed by atoms with Gasteiger partial charge in [0, 0.05) is 26.1 Å². The molecule has 146 valence electrons. The molecule has 4 rings (SSSR count). The van der Waals surface area contributed by atoms with Crippen LogP contribution in [-0.2, 0) is 9.59 Å². The van der Waals surface area contributed by atoms with E-state index in [9.17, 15) is 9.59 Å². The molecule has 1 aromatic heterocycles. The van der Waals surface area contributed by atoms with Crippen molar-refractivity contribution in [2.24, 2.45) is 0 Å². The topological polar surface area (TPSA) is 78.4 Å². The summed E-state index contributed by atoms with van der Waals surface area (Å²) in [5.41, 5.74) is 1.48. The Kier molecular flexibility index (Phi) is 5.71. The number of amides is 2. The highest BCUT2D eigenvalue weighted by Crippen LogP contribution is 2.33. The highest BCUT2D eigenvalue weighted by atomic mass is 32.1. The quantitative estimate of drug-likeness (QED) is 0.757. The summed E-state index contributed by atoms with van der Waals surface area (Å²) in [6.45, 7) is 2.23. The number of anilines is 2. The molecule has 7 nitrogen and oxygen atoms in total. The van der Waals surface area contributed by atoms with Crippen LogP contribution in [-0.4, -0.2) is 47.7 Å². The Morgan fingerprint density at radius 1 is 1.15 bits per heavy atom. The summed E-state index contributed by atoms with van der Waals surface area (Å²) in [5.74, 6) is 0.198. The van der Waals surface area contributed by atoms with Crippen LogP contribution in [0.25, 0.3) is 0 Å². The summed E-state index contributed by atoms with van der Waals surface area (Å²) in [7, 11) is 0. The Morgan fingerprint density at radius 3 is 2.81 bits per heavy atom. The molecule has 2 aliphatic heterocycles. The molecule has 2 saturated heterocycles. The number of carbonyl (C=O) groups is 2. The third-order valence-corrected chi connectivity index (χ3v) is 6.62. The number of rotatable bonds is 6. The van der Waals surface area contributed by atoms with Crippen LogP contribution in [0.15, 0.2) is 11.6 Å². The van der Waals surface area contributed by atoms with Crippen molar-refractivity contribution in [2.45, 2.75) is 63.8 Å². The maximum atomic E-state index is 12.7. The van der Waals surface area contributed by atoms with Crippen molar-refractivity contribution in [3.05, 3.63) is 11.6 Å². The molecule has 8 heteroatoms. The van der Waals surface area contributed by atoms with Crippen LogP contribution in [0.3, 0.4) is 0 Å². The average Bonchev–Trinajstić information content (AvgIpc) is 3.42. The summed E-state index contributed by atoms with van der Waals surface area (Å²) >= 11 is 1.42. The van der Waals surface area contributed by atoms with Gasteiger partial charge in [0.05, 0.1) is 0 Å². The van der Waals surface area contributed by atoms with Crippen molar-refractivity contribution in [1.29, 1.82) is 0 Å². The maximum absolute atomic E-state index is 12.7. The molecule has 2 amide bonds. The van der Waals surface area contributed by atoms with E-state index in [-0.39, 0.29) is 17.9 Å². The predicted octanol–water partition coefficient (Wildman–Crippen LogP) is 2.64. The van der Waals surface area contributed by atoms with E-state index < -0.39 is 0 Å². The molecule has 3 heterocycles. The minimum atomic E-state index is -0.180. The van der Waals surface area contributed by atoms with Crippen LogP contribution in [0, 0.1) is 0 Å². The molecule has 0 saturated carbocycles. The lowest BCUT2D eigenvalue weighted by molar-refractivity contribution is -0.122. The first-order valence-electron chi connectivity index (χ1n) is 10.1. The molecule has 3 aliphatic rings. The Balaban J connectivity index is 1.34. The normalized spacial score (nSPS) is 23.0. The van der Waals surface area contributed by atoms with Gasteiger partial charge in [-0.05, 0) is 51.4 Å². The van der Waals surface area contributed by atoms with Gasteiger partial charge in [0.25, 0.3) is 0 Å². The van der Waals surface area contributed by atoms with E-state index in [2.05, 4.69) is 26.5 Å². The highest BCUT2D eigenvalue weighted by Gasteiger charge is 2.34. The van der Waals surface area contributed by atoms with Gasteiger partial charge in [0.15, 0.2) is 0 Å². The van der Waals surface area contributed by atoms with E-state index in [1.54, 1.807) is 4.90 Å². The summed E-state index contributed by atoms with van der Waals surface area (Å²) < 4.78 is 0. The van der Waals surface area contributed by atoms with Crippen molar-refractivity contribution >= 4 is 33.4 Å². The molecule has 1 aliphatic carbocycles. The van der Waals surface area contributed by atoms with E-state index in [0.29, 0.717) is 24.6 Å². The Morgan fingerprint density at radius 2 is 2.04 bits per heavy atom. The highest BCUT2D eigenvalue weighted by molar-refractivity contribution is 7.19. The fourth-order valence-corrected chi connectivity index (χ4v) is 5.11. The Bertz CT molecular complexity index is 731. The average molecular weight is 390 g/mol. The van der Waals surface area contributed by atoms with Gasteiger partial charge >= 0.3 is 0 Å². The van der Waals surface area contributed by atoms with Crippen molar-refractivity contribution in [1.82, 2.24) is 15.5 Å². The fourth-order valence-electron chi connectivity index (χ4n) is 4.15. The molecule has 1 unspecified atom stereocenters. The largest absolute Gasteiger partial charge is 0.354 e. The molecule has 1 N–H and O–H groups in total. The molecule has 1 aromatic rings. The second kappa shape index (κ2) is 8.37. The summed E-state index contributed by atoms with van der Waals surface area (Å²) in [5, 5.41) is 13.0. The van der Waals surface area contributed by atoms with Gasteiger partial charge in [0.2, 0.25) is 22.1 Å². The zero-order valence-corrected chi connectivity index (χ0v) is 16.5. The Labute approximate surface area is 163 Å². The minimum Gasteiger partial charge on any atom is -0.354 e. The molecule has 27 heavy (non-hydrogen) atoms. The Hall–Kier alpha value is -1.96. The van der Waals surface area contributed by atoms with Gasteiger partial charge in [-0.25, -0.2) is 0 Å². The molecule has 0 spiro atoms. The van der Waals surface area contributed by atoms with E-state index in [1.807, 2.05) is 0 Å². The van der Waals surface area contributed by atoms with Crippen molar-refractivity contribution < 1.29 is 9.59 Å². The number of hydrogen-bond donors (Lipinski definition) is 1. The van der Waals surface area contributed by atoms with Crippen LogP contribution in [0.5, 0.6) is 0 Å². The summed E-state index contributed by atoms with van der Waals surface area (Å²) in [6, 6.07) is -0.180. The second-order valence-corrected chi connectivity index (χ2v) is 8.45. The van der Waals surface area contributed by atoms with Gasteiger partial charge in [-0.1, -0.05) is 23.0 Å². The summed E-state index contributed by atoms with van der Waals surface area (Å²) in [6.07, 6.45) is 11.5. The minimum absolute atomic E-state index is 0.0814. The second-order valence-electron chi connectivity index (χ2n) is 7.52. The van der Waals surface area contributed by atoms with Gasteiger partial charge in [-0.2, -0.15) is 0 Å². The number of carbonyl (C=O) groups excluding carboxylic acids is 2. The van der Waals surface area contributed by atoms with Crippen molar-refractivity contribution in [3.8, 4) is 0 Å². The van der Waals surface area contributed by atoms with Crippen LogP contribution in [0.1, 0.15) is 57.8 Å². The smallest absolute Gasteiger partial charge is 0.242 e. The number of nitrogens with zero attached hydrogens (tertiary/aromatic N) is 4. The van der Waals surface area contributed by atoms with Gasteiger partial charge in [-0.3, -0.25) is 14.5 Å². The van der Waals surface area contributed by atoms with Gasteiger partial charge in [-0.15, -0.1) is 10.2 Å². The monoisotopic (exact) mass is 389 g/mol. The van der Waals surface area contributed by atoms with Crippen molar-refractivity contribution in [2.75, 3.05) is 29.4 Å². The van der Waals surface area contributed by atoms with Gasteiger partial charge < -0.3 is 10.2 Å². The lowest BCUT2D eigenvalue weighted by atomic mass is 9.97. The zero-order chi connectivity index (χ0) is 18.6. The van der Waals surface area contributed by atoms with E-state index in [0.717, 1.165) is 37.4 Å². The zero-order valence-electron chi connectivity index (χ0n) is 15.7. The number of nitrogens with one attached hydrogen (secondary N) is 1. The van der Waals surface area contributed by atoms with Crippen LogP contribution in [0.4, 0.5) is 10.3 Å². The number of allylic oxidation sites excluding steroid dienone is 1. The third-order valence-electron chi connectivity index (χ3n) is 5.64. The standard InChI is InChI=1S/C19H27N5O2S/c25-16-9-5-13-24(16)19-22-21-18(27-19)23-12-4-8-15(23)17(26)20-11-10-14-6-2-1-3-7-14/h6,15H,1-5,7-13H2,(H,20,26). The van der Waals surface area contributed by atoms with Crippen LogP contribution >= 0.6 is 11.3 Å². The molecular formula is C19H27N5O2S. The lowest BCUT2D eigenvalue weighted by Crippen LogP contribution is -2.43. The SMILES string of the molecule is O=C(NCCC1=CCCCC1)C1CCCN1c1nnc(N2CCCC2=O)s1. The molecule has 0 radical (unpaired) electrons.